The standard InChI is InChI=1S/C13H13BrN2O2S2/c1-13(2,3)12-15-6-7(19-12)4-5-8-16-9(11(17)18)10(14)20-8/h4-6H,1-3H3,(H,17,18). The minimum absolute atomic E-state index is 0.0391. The van der Waals surface area contributed by atoms with Crippen molar-refractivity contribution in [1.82, 2.24) is 9.97 Å². The molecule has 0 aliphatic rings. The third-order valence-electron chi connectivity index (χ3n) is 2.36. The monoisotopic (exact) mass is 372 g/mol. The fourth-order valence-corrected chi connectivity index (χ4v) is 3.70. The van der Waals surface area contributed by atoms with Crippen LogP contribution in [-0.2, 0) is 5.41 Å². The van der Waals surface area contributed by atoms with Gasteiger partial charge in [-0.15, -0.1) is 22.7 Å². The van der Waals surface area contributed by atoms with E-state index in [2.05, 4.69) is 46.7 Å². The van der Waals surface area contributed by atoms with Crippen molar-refractivity contribution >= 4 is 56.7 Å². The first-order chi connectivity index (χ1) is 9.27. The molecule has 0 aliphatic carbocycles. The number of hydrogen-bond donors (Lipinski definition) is 1. The number of aromatic nitrogens is 2. The molecule has 7 heteroatoms. The predicted molar refractivity (Wildman–Crippen MR) is 86.5 cm³/mol. The highest BCUT2D eigenvalue weighted by molar-refractivity contribution is 9.11. The highest BCUT2D eigenvalue weighted by atomic mass is 79.9. The second kappa shape index (κ2) is 5.75. The molecule has 0 aliphatic heterocycles. The van der Waals surface area contributed by atoms with Crippen LogP contribution in [-0.4, -0.2) is 21.0 Å². The fourth-order valence-electron chi connectivity index (χ4n) is 1.38. The van der Waals surface area contributed by atoms with Crippen LogP contribution in [0.3, 0.4) is 0 Å². The summed E-state index contributed by atoms with van der Waals surface area (Å²) in [5.74, 6) is -1.03. The van der Waals surface area contributed by atoms with E-state index in [0.717, 1.165) is 9.88 Å². The average Bonchev–Trinajstić information content (AvgIpc) is 2.91. The first-order valence-electron chi connectivity index (χ1n) is 5.81. The number of carboxylic acids is 1. The van der Waals surface area contributed by atoms with Crippen molar-refractivity contribution in [3.63, 3.8) is 0 Å². The normalized spacial score (nSPS) is 12.2. The molecular formula is C13H13BrN2O2S2. The lowest BCUT2D eigenvalue weighted by Crippen LogP contribution is -2.09. The Bertz CT molecular complexity index is 668. The molecule has 0 amide bonds. The zero-order valence-corrected chi connectivity index (χ0v) is 14.4. The van der Waals surface area contributed by atoms with E-state index in [0.29, 0.717) is 8.79 Å². The SMILES string of the molecule is CC(C)(C)c1ncc(C=Cc2nc(C(=O)O)c(Br)s2)s1. The maximum Gasteiger partial charge on any atom is 0.356 e. The minimum atomic E-state index is -1.03. The van der Waals surface area contributed by atoms with Gasteiger partial charge in [-0.3, -0.25) is 0 Å². The van der Waals surface area contributed by atoms with E-state index in [1.807, 2.05) is 18.3 Å². The average molecular weight is 373 g/mol. The molecule has 0 bridgehead atoms. The molecule has 0 unspecified atom stereocenters. The molecule has 0 saturated carbocycles. The van der Waals surface area contributed by atoms with Gasteiger partial charge in [-0.1, -0.05) is 20.8 Å². The van der Waals surface area contributed by atoms with Crippen LogP contribution in [0.5, 0.6) is 0 Å². The third kappa shape index (κ3) is 3.53. The van der Waals surface area contributed by atoms with Gasteiger partial charge in [0.1, 0.15) is 8.79 Å². The molecule has 2 aromatic rings. The Hall–Kier alpha value is -1.05. The predicted octanol–water partition coefficient (Wildman–Crippen LogP) is 4.53. The van der Waals surface area contributed by atoms with E-state index in [9.17, 15) is 4.79 Å². The maximum absolute atomic E-state index is 10.9. The summed E-state index contributed by atoms with van der Waals surface area (Å²) in [6, 6.07) is 0. The summed E-state index contributed by atoms with van der Waals surface area (Å²) in [5.41, 5.74) is 0.0894. The molecule has 20 heavy (non-hydrogen) atoms. The summed E-state index contributed by atoms with van der Waals surface area (Å²) in [7, 11) is 0. The van der Waals surface area contributed by atoms with E-state index in [1.54, 1.807) is 11.3 Å². The summed E-state index contributed by atoms with van der Waals surface area (Å²) in [4.78, 5) is 20.4. The van der Waals surface area contributed by atoms with Gasteiger partial charge in [-0.05, 0) is 28.1 Å². The maximum atomic E-state index is 10.9. The van der Waals surface area contributed by atoms with Gasteiger partial charge in [0.15, 0.2) is 5.69 Å². The van der Waals surface area contributed by atoms with Gasteiger partial charge in [0.05, 0.1) is 5.01 Å². The van der Waals surface area contributed by atoms with Crippen LogP contribution in [0, 0.1) is 0 Å². The summed E-state index contributed by atoms with van der Waals surface area (Å²) in [6.07, 6.45) is 5.54. The molecule has 0 saturated heterocycles. The van der Waals surface area contributed by atoms with Gasteiger partial charge in [-0.2, -0.15) is 0 Å². The molecule has 0 fully saturated rings. The lowest BCUT2D eigenvalue weighted by atomic mass is 9.98. The Labute approximate surface area is 133 Å². The smallest absolute Gasteiger partial charge is 0.356 e. The third-order valence-corrected chi connectivity index (χ3v) is 5.42. The van der Waals surface area contributed by atoms with E-state index >= 15 is 0 Å². The van der Waals surface area contributed by atoms with Crippen LogP contribution in [0.25, 0.3) is 12.2 Å². The number of rotatable bonds is 3. The zero-order valence-electron chi connectivity index (χ0n) is 11.2. The van der Waals surface area contributed by atoms with Crippen molar-refractivity contribution in [3.8, 4) is 0 Å². The first kappa shape index (κ1) is 15.3. The van der Waals surface area contributed by atoms with Gasteiger partial charge < -0.3 is 5.11 Å². The highest BCUT2D eigenvalue weighted by Crippen LogP contribution is 2.29. The van der Waals surface area contributed by atoms with Crippen LogP contribution in [0.1, 0.15) is 46.2 Å². The van der Waals surface area contributed by atoms with Crippen molar-refractivity contribution < 1.29 is 9.90 Å². The molecule has 0 radical (unpaired) electrons. The summed E-state index contributed by atoms with van der Waals surface area (Å²) >= 11 is 6.13. The van der Waals surface area contributed by atoms with Gasteiger partial charge in [0, 0.05) is 16.5 Å². The molecule has 2 rings (SSSR count). The molecule has 4 nitrogen and oxygen atoms in total. The van der Waals surface area contributed by atoms with Gasteiger partial charge in [-0.25, -0.2) is 14.8 Å². The van der Waals surface area contributed by atoms with Gasteiger partial charge in [0.25, 0.3) is 0 Å². The van der Waals surface area contributed by atoms with Crippen molar-refractivity contribution in [2.75, 3.05) is 0 Å². The summed E-state index contributed by atoms with van der Waals surface area (Å²) < 4.78 is 0.532. The Kier molecular flexibility index (Phi) is 4.41. The number of hydrogen-bond acceptors (Lipinski definition) is 5. The largest absolute Gasteiger partial charge is 0.476 e. The van der Waals surface area contributed by atoms with Crippen LogP contribution in [0.15, 0.2) is 9.98 Å². The number of carbonyl (C=O) groups is 1. The topological polar surface area (TPSA) is 63.1 Å². The van der Waals surface area contributed by atoms with Crippen LogP contribution in [0.4, 0.5) is 0 Å². The number of halogens is 1. The molecule has 2 heterocycles. The number of nitrogens with zero attached hydrogens (tertiary/aromatic N) is 2. The number of aromatic carboxylic acids is 1. The molecular weight excluding hydrogens is 360 g/mol. The molecule has 0 aromatic carbocycles. The van der Waals surface area contributed by atoms with Gasteiger partial charge >= 0.3 is 5.97 Å². The Balaban J connectivity index is 2.19. The van der Waals surface area contributed by atoms with Crippen molar-refractivity contribution in [2.45, 2.75) is 26.2 Å². The van der Waals surface area contributed by atoms with E-state index in [1.165, 1.54) is 11.3 Å². The molecule has 0 atom stereocenters. The van der Waals surface area contributed by atoms with E-state index < -0.39 is 5.97 Å². The molecule has 1 N–H and O–H groups in total. The van der Waals surface area contributed by atoms with Crippen molar-refractivity contribution in [1.29, 1.82) is 0 Å². The van der Waals surface area contributed by atoms with Crippen LogP contribution >= 0.6 is 38.6 Å². The number of thiazole rings is 2. The van der Waals surface area contributed by atoms with Crippen molar-refractivity contribution in [2.24, 2.45) is 0 Å². The van der Waals surface area contributed by atoms with Crippen LogP contribution in [0.2, 0.25) is 0 Å². The zero-order chi connectivity index (χ0) is 14.9. The molecule has 106 valence electrons. The van der Waals surface area contributed by atoms with E-state index in [-0.39, 0.29) is 11.1 Å². The Morgan fingerprint density at radius 1 is 1.35 bits per heavy atom. The Morgan fingerprint density at radius 3 is 2.55 bits per heavy atom. The first-order valence-corrected chi connectivity index (χ1v) is 8.24. The quantitative estimate of drug-likeness (QED) is 0.859. The second-order valence-electron chi connectivity index (χ2n) is 5.13. The molecule has 2 aromatic heterocycles. The van der Waals surface area contributed by atoms with Gasteiger partial charge in [0.2, 0.25) is 0 Å². The Morgan fingerprint density at radius 2 is 2.05 bits per heavy atom. The second-order valence-corrected chi connectivity index (χ2v) is 8.54. The lowest BCUT2D eigenvalue weighted by molar-refractivity contribution is 0.0690. The summed E-state index contributed by atoms with van der Waals surface area (Å²) in [6.45, 7) is 6.36. The minimum Gasteiger partial charge on any atom is -0.476 e. The van der Waals surface area contributed by atoms with E-state index in [4.69, 9.17) is 5.11 Å². The van der Waals surface area contributed by atoms with Crippen LogP contribution < -0.4 is 0 Å². The lowest BCUT2D eigenvalue weighted by Gasteiger charge is -2.13. The number of carboxylic acid groups (broad SMARTS) is 1. The van der Waals surface area contributed by atoms with Crippen molar-refractivity contribution in [3.05, 3.63) is 30.6 Å². The highest BCUT2D eigenvalue weighted by Gasteiger charge is 2.17. The summed E-state index contributed by atoms with van der Waals surface area (Å²) in [5, 5.41) is 10.7. The fraction of sp³-hybridized carbons (Fsp3) is 0.308. The molecule has 0 spiro atoms.